The predicted octanol–water partition coefficient (Wildman–Crippen LogP) is 3.94. The molecule has 0 saturated carbocycles. The van der Waals surface area contributed by atoms with E-state index in [2.05, 4.69) is 20.7 Å². The van der Waals surface area contributed by atoms with Gasteiger partial charge in [-0.3, -0.25) is 9.36 Å². The number of carbonyl (C=O) groups is 1. The number of carbonyl (C=O) groups excluding carboxylic acids is 1. The molecule has 4 rings (SSSR count). The van der Waals surface area contributed by atoms with Crippen molar-refractivity contribution in [3.8, 4) is 11.4 Å². The van der Waals surface area contributed by atoms with Gasteiger partial charge in [-0.1, -0.05) is 72.4 Å². The summed E-state index contributed by atoms with van der Waals surface area (Å²) in [5.41, 5.74) is 6.10. The molecule has 160 valence electrons. The zero-order chi connectivity index (χ0) is 22.2. The van der Waals surface area contributed by atoms with E-state index >= 15 is 0 Å². The van der Waals surface area contributed by atoms with Crippen LogP contribution < -0.4 is 10.2 Å². The molecule has 0 radical (unpaired) electrons. The smallest absolute Gasteiger partial charge is 0.250 e. The van der Waals surface area contributed by atoms with E-state index < -0.39 is 0 Å². The zero-order valence-electron chi connectivity index (χ0n) is 17.4. The molecule has 32 heavy (non-hydrogen) atoms. The van der Waals surface area contributed by atoms with Crippen LogP contribution >= 0.6 is 11.8 Å². The summed E-state index contributed by atoms with van der Waals surface area (Å²) in [6.07, 6.45) is 1.61. The van der Waals surface area contributed by atoms with E-state index in [0.717, 1.165) is 22.6 Å². The lowest BCUT2D eigenvalue weighted by Gasteiger charge is -2.09. The van der Waals surface area contributed by atoms with Gasteiger partial charge in [-0.25, -0.2) is 5.43 Å². The quantitative estimate of drug-likeness (QED) is 0.253. The number of amides is 1. The number of thioether (sulfide) groups is 1. The van der Waals surface area contributed by atoms with Crippen molar-refractivity contribution < 1.29 is 9.53 Å². The first-order valence-electron chi connectivity index (χ1n) is 9.89. The lowest BCUT2D eigenvalue weighted by atomic mass is 10.0. The van der Waals surface area contributed by atoms with Crippen molar-refractivity contribution in [3.63, 3.8) is 0 Å². The number of hydrazone groups is 1. The van der Waals surface area contributed by atoms with Crippen LogP contribution in [0.2, 0.25) is 0 Å². The third-order valence-electron chi connectivity index (χ3n) is 4.59. The topological polar surface area (TPSA) is 81.4 Å². The Hall–Kier alpha value is -3.91. The lowest BCUT2D eigenvalue weighted by Crippen LogP contribution is -2.22. The number of nitrogens with zero attached hydrogens (tertiary/aromatic N) is 4. The molecular formula is C24H21N5O2S. The molecule has 4 aromatic rings. The van der Waals surface area contributed by atoms with Crippen molar-refractivity contribution in [1.29, 1.82) is 0 Å². The van der Waals surface area contributed by atoms with E-state index in [4.69, 9.17) is 4.74 Å². The molecule has 0 unspecified atom stereocenters. The van der Waals surface area contributed by atoms with Gasteiger partial charge in [-0.15, -0.1) is 10.2 Å². The number of hydrogen-bond donors (Lipinski definition) is 1. The van der Waals surface area contributed by atoms with Gasteiger partial charge in [0.15, 0.2) is 5.16 Å². The highest BCUT2D eigenvalue weighted by molar-refractivity contribution is 7.99. The van der Waals surface area contributed by atoms with E-state index in [9.17, 15) is 4.79 Å². The van der Waals surface area contributed by atoms with Gasteiger partial charge >= 0.3 is 0 Å². The van der Waals surface area contributed by atoms with Gasteiger partial charge < -0.3 is 4.74 Å². The Balaban J connectivity index is 1.45. The SMILES string of the molecule is COc1ccc(-n2cnnc2SCC(=O)NN=C(c2ccccc2)c2ccccc2)cc1. The molecule has 1 heterocycles. The highest BCUT2D eigenvalue weighted by Gasteiger charge is 2.12. The summed E-state index contributed by atoms with van der Waals surface area (Å²) in [6, 6.07) is 27.0. The van der Waals surface area contributed by atoms with E-state index in [1.807, 2.05) is 89.5 Å². The van der Waals surface area contributed by atoms with Crippen LogP contribution in [0.25, 0.3) is 5.69 Å². The van der Waals surface area contributed by atoms with Crippen molar-refractivity contribution in [2.75, 3.05) is 12.9 Å². The van der Waals surface area contributed by atoms with Crippen molar-refractivity contribution in [1.82, 2.24) is 20.2 Å². The number of benzene rings is 3. The average Bonchev–Trinajstić information content (AvgIpc) is 3.33. The maximum absolute atomic E-state index is 12.5. The van der Waals surface area contributed by atoms with Gasteiger partial charge in [0.25, 0.3) is 5.91 Å². The summed E-state index contributed by atoms with van der Waals surface area (Å²) in [5, 5.41) is 13.1. The normalized spacial score (nSPS) is 10.4. The van der Waals surface area contributed by atoms with E-state index in [-0.39, 0.29) is 11.7 Å². The summed E-state index contributed by atoms with van der Waals surface area (Å²) in [6.45, 7) is 0. The average molecular weight is 444 g/mol. The molecule has 0 spiro atoms. The molecule has 0 saturated heterocycles. The molecule has 3 aromatic carbocycles. The maximum Gasteiger partial charge on any atom is 0.250 e. The molecule has 0 aliphatic rings. The predicted molar refractivity (Wildman–Crippen MR) is 125 cm³/mol. The molecule has 1 amide bonds. The van der Waals surface area contributed by atoms with Gasteiger partial charge in [-0.05, 0) is 24.3 Å². The van der Waals surface area contributed by atoms with Gasteiger partial charge in [-0.2, -0.15) is 5.10 Å². The van der Waals surface area contributed by atoms with E-state index in [1.54, 1.807) is 13.4 Å². The van der Waals surface area contributed by atoms with Crippen LogP contribution in [0.1, 0.15) is 11.1 Å². The van der Waals surface area contributed by atoms with Crippen molar-refractivity contribution in [3.05, 3.63) is 102 Å². The molecule has 0 aliphatic heterocycles. The molecule has 0 fully saturated rings. The molecular weight excluding hydrogens is 422 g/mol. The standard InChI is InChI=1S/C24H21N5O2S/c1-31-21-14-12-20(13-15-21)29-17-25-28-24(29)32-16-22(30)26-27-23(18-8-4-2-5-9-18)19-10-6-3-7-11-19/h2-15,17H,16H2,1H3,(H,26,30). The third-order valence-corrected chi connectivity index (χ3v) is 5.53. The molecule has 0 atom stereocenters. The van der Waals surface area contributed by atoms with E-state index in [0.29, 0.717) is 10.9 Å². The molecule has 0 aliphatic carbocycles. The van der Waals surface area contributed by atoms with Crippen LogP contribution in [0, 0.1) is 0 Å². The minimum absolute atomic E-state index is 0.148. The zero-order valence-corrected chi connectivity index (χ0v) is 18.2. The highest BCUT2D eigenvalue weighted by Crippen LogP contribution is 2.21. The molecule has 1 N–H and O–H groups in total. The lowest BCUT2D eigenvalue weighted by molar-refractivity contribution is -0.118. The Morgan fingerprint density at radius 3 is 2.19 bits per heavy atom. The second-order valence-electron chi connectivity index (χ2n) is 6.70. The summed E-state index contributed by atoms with van der Waals surface area (Å²) >= 11 is 1.29. The van der Waals surface area contributed by atoms with E-state index in [1.165, 1.54) is 11.8 Å². The minimum atomic E-state index is -0.233. The number of ether oxygens (including phenoxy) is 1. The molecule has 1 aromatic heterocycles. The first kappa shape index (κ1) is 21.3. The summed E-state index contributed by atoms with van der Waals surface area (Å²) in [7, 11) is 1.62. The van der Waals surface area contributed by atoms with Gasteiger partial charge in [0, 0.05) is 16.8 Å². The third kappa shape index (κ3) is 5.22. The Labute approximate surface area is 190 Å². The maximum atomic E-state index is 12.5. The second kappa shape index (κ2) is 10.4. The van der Waals surface area contributed by atoms with Crippen LogP contribution in [0.15, 0.2) is 102 Å². The number of nitrogens with one attached hydrogen (secondary N) is 1. The number of aromatic nitrogens is 3. The monoisotopic (exact) mass is 443 g/mol. The van der Waals surface area contributed by atoms with Gasteiger partial charge in [0.2, 0.25) is 0 Å². The summed E-state index contributed by atoms with van der Waals surface area (Å²) in [4.78, 5) is 12.5. The van der Waals surface area contributed by atoms with Crippen molar-refractivity contribution >= 4 is 23.4 Å². The minimum Gasteiger partial charge on any atom is -0.497 e. The fourth-order valence-electron chi connectivity index (χ4n) is 3.01. The first-order chi connectivity index (χ1) is 15.7. The number of rotatable bonds is 8. The van der Waals surface area contributed by atoms with Gasteiger partial charge in [0.1, 0.15) is 12.1 Å². The van der Waals surface area contributed by atoms with Gasteiger partial charge in [0.05, 0.1) is 18.6 Å². The Bertz CT molecular complexity index is 1150. The van der Waals surface area contributed by atoms with Crippen LogP contribution in [0.5, 0.6) is 5.75 Å². The molecule has 7 nitrogen and oxygen atoms in total. The Morgan fingerprint density at radius 1 is 0.969 bits per heavy atom. The highest BCUT2D eigenvalue weighted by atomic mass is 32.2. The van der Waals surface area contributed by atoms with Crippen LogP contribution in [-0.4, -0.2) is 39.2 Å². The Morgan fingerprint density at radius 2 is 1.59 bits per heavy atom. The summed E-state index contributed by atoms with van der Waals surface area (Å²) in [5.74, 6) is 0.680. The summed E-state index contributed by atoms with van der Waals surface area (Å²) < 4.78 is 7.01. The van der Waals surface area contributed by atoms with Crippen LogP contribution in [-0.2, 0) is 4.79 Å². The molecule has 8 heteroatoms. The second-order valence-corrected chi connectivity index (χ2v) is 7.64. The van der Waals surface area contributed by atoms with Crippen molar-refractivity contribution in [2.24, 2.45) is 5.10 Å². The number of methoxy groups -OCH3 is 1. The fourth-order valence-corrected chi connectivity index (χ4v) is 3.73. The fraction of sp³-hybridized carbons (Fsp3) is 0.0833. The number of hydrogen-bond acceptors (Lipinski definition) is 6. The largest absolute Gasteiger partial charge is 0.497 e. The molecule has 0 bridgehead atoms. The first-order valence-corrected chi connectivity index (χ1v) is 10.9. The van der Waals surface area contributed by atoms with Crippen LogP contribution in [0.4, 0.5) is 0 Å². The van der Waals surface area contributed by atoms with Crippen molar-refractivity contribution in [2.45, 2.75) is 5.16 Å². The van der Waals surface area contributed by atoms with Crippen LogP contribution in [0.3, 0.4) is 0 Å². The Kier molecular flexibility index (Phi) is 6.94.